The fourth-order valence-electron chi connectivity index (χ4n) is 4.17. The molecule has 3 rings (SSSR count). The van der Waals surface area contributed by atoms with E-state index in [1.54, 1.807) is 24.3 Å². The van der Waals surface area contributed by atoms with Crippen LogP contribution in [0.3, 0.4) is 0 Å². The number of aliphatic hydroxyl groups excluding tert-OH is 1. The van der Waals surface area contributed by atoms with E-state index in [1.807, 2.05) is 13.8 Å². The molecule has 34 heavy (non-hydrogen) atoms. The van der Waals surface area contributed by atoms with E-state index in [0.717, 1.165) is 13.1 Å². The number of rotatable bonds is 10. The average molecular weight is 470 g/mol. The predicted molar refractivity (Wildman–Crippen MR) is 127 cm³/mol. The molecular weight excluding hydrogens is 438 g/mol. The van der Waals surface area contributed by atoms with Gasteiger partial charge in [0.1, 0.15) is 5.76 Å². The van der Waals surface area contributed by atoms with Crippen LogP contribution in [-0.4, -0.2) is 79.1 Å². The maximum atomic E-state index is 13.2. The van der Waals surface area contributed by atoms with E-state index in [1.165, 1.54) is 38.6 Å². The molecule has 2 aromatic rings. The monoisotopic (exact) mass is 469 g/mol. The van der Waals surface area contributed by atoms with Crippen LogP contribution < -0.4 is 14.2 Å². The molecule has 1 aromatic heterocycles. The molecule has 1 fully saturated rings. The number of aromatic nitrogens is 1. The Balaban J connectivity index is 2.21. The van der Waals surface area contributed by atoms with Gasteiger partial charge in [-0.15, -0.1) is 0 Å². The lowest BCUT2D eigenvalue weighted by molar-refractivity contribution is -0.140. The molecule has 1 N–H and O–H groups in total. The number of hydrogen-bond acceptors (Lipinski definition) is 8. The van der Waals surface area contributed by atoms with E-state index < -0.39 is 17.7 Å². The number of hydrogen-bond donors (Lipinski definition) is 1. The smallest absolute Gasteiger partial charge is 0.295 e. The maximum absolute atomic E-state index is 13.2. The Bertz CT molecular complexity index is 1040. The molecule has 0 bridgehead atoms. The second kappa shape index (κ2) is 11.0. The number of ether oxygens (including phenoxy) is 3. The zero-order chi connectivity index (χ0) is 24.8. The molecule has 1 amide bonds. The molecular formula is C25H31N3O6. The summed E-state index contributed by atoms with van der Waals surface area (Å²) in [7, 11) is 4.49. The maximum Gasteiger partial charge on any atom is 0.295 e. The van der Waals surface area contributed by atoms with Crippen molar-refractivity contribution < 1.29 is 28.9 Å². The number of methoxy groups -OCH3 is 3. The van der Waals surface area contributed by atoms with Gasteiger partial charge in [0.05, 0.1) is 32.9 Å². The number of likely N-dealkylation sites (tertiary alicyclic amines) is 1. The van der Waals surface area contributed by atoms with Gasteiger partial charge in [-0.2, -0.15) is 0 Å². The fourth-order valence-corrected chi connectivity index (χ4v) is 4.17. The van der Waals surface area contributed by atoms with Crippen molar-refractivity contribution in [2.75, 3.05) is 47.5 Å². The summed E-state index contributed by atoms with van der Waals surface area (Å²) in [6.45, 7) is 6.59. The van der Waals surface area contributed by atoms with Crippen molar-refractivity contribution in [1.82, 2.24) is 14.8 Å². The predicted octanol–water partition coefficient (Wildman–Crippen LogP) is 2.87. The van der Waals surface area contributed by atoms with Crippen LogP contribution in [0, 0.1) is 0 Å². The number of amides is 1. The minimum absolute atomic E-state index is 0.00465. The third kappa shape index (κ3) is 4.70. The van der Waals surface area contributed by atoms with Crippen LogP contribution >= 0.6 is 0 Å². The molecule has 1 aliphatic rings. The van der Waals surface area contributed by atoms with Crippen molar-refractivity contribution in [1.29, 1.82) is 0 Å². The van der Waals surface area contributed by atoms with E-state index >= 15 is 0 Å². The van der Waals surface area contributed by atoms with E-state index in [4.69, 9.17) is 14.2 Å². The van der Waals surface area contributed by atoms with Gasteiger partial charge in [-0.3, -0.25) is 14.6 Å². The van der Waals surface area contributed by atoms with Gasteiger partial charge in [-0.05, 0) is 42.9 Å². The lowest BCUT2D eigenvalue weighted by Gasteiger charge is -2.29. The number of Topliss-reactive ketones (excluding diaryl/α,β-unsaturated/α-hetero) is 1. The van der Waals surface area contributed by atoms with E-state index in [2.05, 4.69) is 9.88 Å². The van der Waals surface area contributed by atoms with Crippen LogP contribution in [0.4, 0.5) is 0 Å². The van der Waals surface area contributed by atoms with Crippen molar-refractivity contribution in [2.24, 2.45) is 0 Å². The summed E-state index contributed by atoms with van der Waals surface area (Å²) in [5, 5.41) is 11.1. The fraction of sp³-hybridized carbons (Fsp3) is 0.400. The molecule has 2 heterocycles. The molecule has 0 spiro atoms. The first-order valence-corrected chi connectivity index (χ1v) is 11.1. The zero-order valence-electron chi connectivity index (χ0n) is 20.2. The van der Waals surface area contributed by atoms with Gasteiger partial charge in [0, 0.05) is 31.0 Å². The number of benzene rings is 1. The Labute approximate surface area is 199 Å². The highest BCUT2D eigenvalue weighted by Crippen LogP contribution is 2.45. The van der Waals surface area contributed by atoms with Crippen LogP contribution in [0.15, 0.2) is 42.2 Å². The van der Waals surface area contributed by atoms with Crippen LogP contribution in [0.25, 0.3) is 5.76 Å². The largest absolute Gasteiger partial charge is 0.507 e. The van der Waals surface area contributed by atoms with Crippen LogP contribution in [-0.2, 0) is 9.59 Å². The summed E-state index contributed by atoms with van der Waals surface area (Å²) in [6, 6.07) is 5.73. The van der Waals surface area contributed by atoms with Gasteiger partial charge >= 0.3 is 0 Å². The highest BCUT2D eigenvalue weighted by Gasteiger charge is 2.46. The molecule has 1 unspecified atom stereocenters. The molecule has 1 aliphatic heterocycles. The van der Waals surface area contributed by atoms with Crippen LogP contribution in [0.2, 0.25) is 0 Å². The number of carbonyl (C=O) groups excluding carboxylic acids is 2. The lowest BCUT2D eigenvalue weighted by Crippen LogP contribution is -2.38. The Hall–Kier alpha value is -3.59. The van der Waals surface area contributed by atoms with Gasteiger partial charge in [-0.1, -0.05) is 13.8 Å². The minimum atomic E-state index is -0.836. The first kappa shape index (κ1) is 25.0. The topological polar surface area (TPSA) is 101 Å². The first-order valence-electron chi connectivity index (χ1n) is 11.1. The Morgan fingerprint density at radius 3 is 2.12 bits per heavy atom. The molecule has 1 aromatic carbocycles. The normalized spacial score (nSPS) is 17.4. The number of aliphatic hydroxyl groups is 1. The molecule has 9 heteroatoms. The lowest BCUT2D eigenvalue weighted by atomic mass is 9.95. The Morgan fingerprint density at radius 2 is 1.62 bits per heavy atom. The van der Waals surface area contributed by atoms with Crippen LogP contribution in [0.5, 0.6) is 17.2 Å². The number of likely N-dealkylation sites (N-methyl/N-ethyl adjacent to an activating group) is 1. The highest BCUT2D eigenvalue weighted by atomic mass is 16.5. The molecule has 1 saturated heterocycles. The summed E-state index contributed by atoms with van der Waals surface area (Å²) in [4.78, 5) is 34.0. The van der Waals surface area contributed by atoms with Crippen molar-refractivity contribution >= 4 is 17.4 Å². The number of ketones is 1. The summed E-state index contributed by atoms with van der Waals surface area (Å²) in [5.41, 5.74) is 0.961. The average Bonchev–Trinajstić information content (AvgIpc) is 3.13. The summed E-state index contributed by atoms with van der Waals surface area (Å²) in [5.74, 6) is -0.507. The van der Waals surface area contributed by atoms with Gasteiger partial charge in [0.25, 0.3) is 11.7 Å². The standard InChI is InChI=1S/C25H31N3O6/c1-6-27(7-2)12-13-28-21(17-14-18(32-3)24(34-5)19(15-17)33-4)20(23(30)25(28)31)22(29)16-8-10-26-11-9-16/h8-11,14-15,21,29H,6-7,12-13H2,1-5H3/b22-20-. The van der Waals surface area contributed by atoms with Crippen molar-refractivity contribution in [3.05, 3.63) is 53.4 Å². The van der Waals surface area contributed by atoms with Gasteiger partial charge < -0.3 is 29.1 Å². The number of carbonyl (C=O) groups is 2. The van der Waals surface area contributed by atoms with Crippen LogP contribution in [0.1, 0.15) is 31.0 Å². The van der Waals surface area contributed by atoms with Gasteiger partial charge in [0.2, 0.25) is 5.75 Å². The number of pyridine rings is 1. The van der Waals surface area contributed by atoms with E-state index in [9.17, 15) is 14.7 Å². The third-order valence-corrected chi connectivity index (χ3v) is 6.05. The Kier molecular flexibility index (Phi) is 8.12. The highest BCUT2D eigenvalue weighted by molar-refractivity contribution is 6.46. The van der Waals surface area contributed by atoms with E-state index in [0.29, 0.717) is 41.5 Å². The summed E-state index contributed by atoms with van der Waals surface area (Å²) in [6.07, 6.45) is 3.03. The first-order chi connectivity index (χ1) is 16.4. The van der Waals surface area contributed by atoms with Gasteiger partial charge in [-0.25, -0.2) is 0 Å². The number of nitrogens with zero attached hydrogens (tertiary/aromatic N) is 3. The summed E-state index contributed by atoms with van der Waals surface area (Å²) >= 11 is 0. The molecule has 9 nitrogen and oxygen atoms in total. The molecule has 0 saturated carbocycles. The molecule has 1 atom stereocenters. The minimum Gasteiger partial charge on any atom is -0.507 e. The van der Waals surface area contributed by atoms with Crippen molar-refractivity contribution in [2.45, 2.75) is 19.9 Å². The van der Waals surface area contributed by atoms with E-state index in [-0.39, 0.29) is 11.3 Å². The third-order valence-electron chi connectivity index (χ3n) is 6.05. The molecule has 0 aliphatic carbocycles. The van der Waals surface area contributed by atoms with Crippen molar-refractivity contribution in [3.63, 3.8) is 0 Å². The zero-order valence-corrected chi connectivity index (χ0v) is 20.2. The Morgan fingerprint density at radius 1 is 1.03 bits per heavy atom. The van der Waals surface area contributed by atoms with Gasteiger partial charge in [0.15, 0.2) is 11.5 Å². The second-order valence-corrected chi connectivity index (χ2v) is 7.71. The van der Waals surface area contributed by atoms with Crippen molar-refractivity contribution in [3.8, 4) is 17.2 Å². The summed E-state index contributed by atoms with van der Waals surface area (Å²) < 4.78 is 16.4. The SMILES string of the molecule is CCN(CC)CCN1C(=O)C(=O)/C(=C(\O)c2ccncc2)C1c1cc(OC)c(OC)c(OC)c1. The second-order valence-electron chi connectivity index (χ2n) is 7.71. The quantitative estimate of drug-likeness (QED) is 0.322. The molecule has 182 valence electrons. The molecule has 0 radical (unpaired) electrons.